The van der Waals surface area contributed by atoms with Crippen molar-refractivity contribution in [2.24, 2.45) is 5.73 Å². The molecule has 0 aliphatic carbocycles. The first-order valence-corrected chi connectivity index (χ1v) is 11.0. The molecular weight excluding hydrogens is 538 g/mol. The Balaban J connectivity index is 0.000000532. The van der Waals surface area contributed by atoms with Gasteiger partial charge in [0.25, 0.3) is 6.08 Å². The van der Waals surface area contributed by atoms with Crippen molar-refractivity contribution in [1.82, 2.24) is 19.3 Å². The zero-order valence-corrected chi connectivity index (χ0v) is 20.0. The van der Waals surface area contributed by atoms with Crippen molar-refractivity contribution in [3.05, 3.63) is 75.9 Å². The number of rotatable bonds is 5. The van der Waals surface area contributed by atoms with Crippen molar-refractivity contribution in [2.75, 3.05) is 11.4 Å². The highest BCUT2D eigenvalue weighted by atomic mass is 19.4. The van der Waals surface area contributed by atoms with Crippen molar-refractivity contribution in [1.29, 1.82) is 0 Å². The topological polar surface area (TPSA) is 136 Å². The lowest BCUT2D eigenvalue weighted by Gasteiger charge is -2.30. The number of benzene rings is 1. The fourth-order valence-corrected chi connectivity index (χ4v) is 3.69. The highest BCUT2D eigenvalue weighted by molar-refractivity contribution is 6.03. The Morgan fingerprint density at radius 1 is 1.18 bits per heavy atom. The number of anilines is 2. The number of hydrogen-bond donors (Lipinski definition) is 2. The number of carbonyl (C=O) groups is 2. The molecule has 16 heteroatoms. The van der Waals surface area contributed by atoms with E-state index in [0.717, 1.165) is 32.8 Å². The molecule has 0 radical (unpaired) electrons. The lowest BCUT2D eigenvalue weighted by molar-refractivity contribution is -0.192. The first-order chi connectivity index (χ1) is 18.3. The molecular formula is C23H20F6N6O4. The largest absolute Gasteiger partial charge is 0.490 e. The summed E-state index contributed by atoms with van der Waals surface area (Å²) >= 11 is 0. The average molecular weight is 558 g/mol. The maximum absolute atomic E-state index is 15.0. The van der Waals surface area contributed by atoms with Crippen LogP contribution in [-0.4, -0.2) is 49.0 Å². The molecule has 3 heterocycles. The van der Waals surface area contributed by atoms with Crippen LogP contribution in [-0.2, 0) is 22.6 Å². The van der Waals surface area contributed by atoms with Gasteiger partial charge in [0, 0.05) is 24.6 Å². The third-order valence-electron chi connectivity index (χ3n) is 5.53. The molecule has 0 fully saturated rings. The van der Waals surface area contributed by atoms with E-state index in [9.17, 15) is 35.9 Å². The second-order valence-corrected chi connectivity index (χ2v) is 8.12. The number of aliphatic carboxylic acids is 1. The lowest BCUT2D eigenvalue weighted by atomic mass is 9.97. The summed E-state index contributed by atoms with van der Waals surface area (Å²) in [4.78, 5) is 39.5. The van der Waals surface area contributed by atoms with E-state index in [2.05, 4.69) is 10.1 Å². The van der Waals surface area contributed by atoms with Gasteiger partial charge in [0.1, 0.15) is 6.33 Å². The van der Waals surface area contributed by atoms with Gasteiger partial charge in [-0.1, -0.05) is 18.2 Å². The number of hydrogen-bond acceptors (Lipinski definition) is 6. The number of aromatic nitrogens is 4. The van der Waals surface area contributed by atoms with Crippen LogP contribution in [0.15, 0.2) is 53.2 Å². The second kappa shape index (κ2) is 11.5. The summed E-state index contributed by atoms with van der Waals surface area (Å²) in [6.07, 6.45) is -3.94. The van der Waals surface area contributed by atoms with E-state index in [0.29, 0.717) is 12.1 Å². The van der Waals surface area contributed by atoms with Gasteiger partial charge in [0.15, 0.2) is 11.6 Å². The Kier molecular flexibility index (Phi) is 8.58. The highest BCUT2D eigenvalue weighted by Gasteiger charge is 2.38. The summed E-state index contributed by atoms with van der Waals surface area (Å²) in [7, 11) is 0. The van der Waals surface area contributed by atoms with E-state index in [4.69, 9.17) is 15.6 Å². The summed E-state index contributed by atoms with van der Waals surface area (Å²) < 4.78 is 74.0. The number of alkyl halides is 3. The molecule has 1 amide bonds. The Morgan fingerprint density at radius 2 is 1.85 bits per heavy atom. The molecule has 1 aliphatic rings. The zero-order chi connectivity index (χ0) is 29.1. The maximum Gasteiger partial charge on any atom is 0.490 e. The molecule has 0 saturated carbocycles. The number of carboxylic acid groups (broad SMARTS) is 1. The molecule has 1 aliphatic heterocycles. The van der Waals surface area contributed by atoms with Gasteiger partial charge in [-0.25, -0.2) is 28.2 Å². The molecule has 3 aromatic rings. The van der Waals surface area contributed by atoms with E-state index in [-0.39, 0.29) is 23.8 Å². The van der Waals surface area contributed by atoms with E-state index in [1.165, 1.54) is 11.1 Å². The molecule has 208 valence electrons. The summed E-state index contributed by atoms with van der Waals surface area (Å²) in [5, 5.41) is 10.9. The summed E-state index contributed by atoms with van der Waals surface area (Å²) in [5.41, 5.74) is 6.69. The normalized spacial score (nSPS) is 12.9. The monoisotopic (exact) mass is 558 g/mol. The Bertz CT molecular complexity index is 1490. The van der Waals surface area contributed by atoms with Crippen molar-refractivity contribution in [3.8, 4) is 5.82 Å². The van der Waals surface area contributed by atoms with Crippen molar-refractivity contribution in [2.45, 2.75) is 32.5 Å². The number of aryl methyl sites for hydroxylation is 2. The number of carbonyl (C=O) groups excluding carboxylic acids is 1. The number of amides is 1. The SMILES string of the molecule is Cc1cccc2c1N(c1cnc(-n3cnn(CC(CN)=C(F)F)c3=O)c(F)c1)C(=O)CC2.O=C(O)C(F)(F)F. The van der Waals surface area contributed by atoms with Crippen LogP contribution in [0.5, 0.6) is 0 Å². The minimum atomic E-state index is -5.08. The van der Waals surface area contributed by atoms with Gasteiger partial charge in [0.05, 0.1) is 24.1 Å². The van der Waals surface area contributed by atoms with Crippen LogP contribution in [0, 0.1) is 12.7 Å². The average Bonchev–Trinajstić information content (AvgIpc) is 3.22. The predicted molar refractivity (Wildman–Crippen MR) is 124 cm³/mol. The molecule has 0 spiro atoms. The molecule has 39 heavy (non-hydrogen) atoms. The van der Waals surface area contributed by atoms with E-state index in [1.807, 2.05) is 25.1 Å². The van der Waals surface area contributed by atoms with Gasteiger partial charge >= 0.3 is 17.8 Å². The highest BCUT2D eigenvalue weighted by Crippen LogP contribution is 2.37. The summed E-state index contributed by atoms with van der Waals surface area (Å²) in [6, 6.07) is 6.78. The van der Waals surface area contributed by atoms with Gasteiger partial charge in [-0.05, 0) is 24.5 Å². The molecule has 10 nitrogen and oxygen atoms in total. The lowest BCUT2D eigenvalue weighted by Crippen LogP contribution is -2.32. The molecule has 0 bridgehead atoms. The van der Waals surface area contributed by atoms with Crippen LogP contribution >= 0.6 is 0 Å². The maximum atomic E-state index is 15.0. The smallest absolute Gasteiger partial charge is 0.475 e. The third-order valence-corrected chi connectivity index (χ3v) is 5.53. The van der Waals surface area contributed by atoms with Crippen molar-refractivity contribution in [3.63, 3.8) is 0 Å². The molecule has 2 aromatic heterocycles. The minimum Gasteiger partial charge on any atom is -0.475 e. The van der Waals surface area contributed by atoms with Crippen LogP contribution in [0.25, 0.3) is 5.82 Å². The second-order valence-electron chi connectivity index (χ2n) is 8.12. The van der Waals surface area contributed by atoms with Gasteiger partial charge in [-0.15, -0.1) is 0 Å². The van der Waals surface area contributed by atoms with E-state index in [1.54, 1.807) is 0 Å². The fourth-order valence-electron chi connectivity index (χ4n) is 3.69. The summed E-state index contributed by atoms with van der Waals surface area (Å²) in [6.45, 7) is 0.886. The van der Waals surface area contributed by atoms with Crippen LogP contribution in [0.2, 0.25) is 0 Å². The standard InChI is InChI=1S/C21H19F3N6O2.C2HF3O2/c1-12-3-2-4-13-5-6-17(31)30(18(12)13)15-7-16(22)20(26-9-15)28-11-27-29(21(28)32)10-14(8-25)19(23)24;3-2(4,5)1(6)7/h2-4,7,9,11H,5-6,8,10,25H2,1H3;(H,6,7). The van der Waals surface area contributed by atoms with Gasteiger partial charge in [-0.3, -0.25) is 9.69 Å². The predicted octanol–water partition coefficient (Wildman–Crippen LogP) is 3.23. The summed E-state index contributed by atoms with van der Waals surface area (Å²) in [5.74, 6) is -4.19. The number of carboxylic acids is 1. The Hall–Kier alpha value is -4.47. The minimum absolute atomic E-state index is 0.194. The zero-order valence-electron chi connectivity index (χ0n) is 20.0. The first kappa shape index (κ1) is 29.1. The van der Waals surface area contributed by atoms with Gasteiger partial charge in [0.2, 0.25) is 5.91 Å². The number of halogens is 6. The molecule has 0 saturated heterocycles. The van der Waals surface area contributed by atoms with Crippen LogP contribution in [0.3, 0.4) is 0 Å². The molecule has 3 N–H and O–H groups in total. The molecule has 0 atom stereocenters. The van der Waals surface area contributed by atoms with Gasteiger partial charge < -0.3 is 10.8 Å². The number of para-hydroxylation sites is 1. The first-order valence-electron chi connectivity index (χ1n) is 11.0. The Labute approximate surface area is 215 Å². The molecule has 4 rings (SSSR count). The quantitative estimate of drug-likeness (QED) is 0.459. The number of nitrogens with two attached hydrogens (primary N) is 1. The van der Waals surface area contributed by atoms with Crippen LogP contribution in [0.4, 0.5) is 37.7 Å². The van der Waals surface area contributed by atoms with E-state index < -0.39 is 48.4 Å². The fraction of sp³-hybridized carbons (Fsp3) is 0.261. The van der Waals surface area contributed by atoms with Crippen LogP contribution in [0.1, 0.15) is 17.5 Å². The van der Waals surface area contributed by atoms with Crippen LogP contribution < -0.4 is 16.3 Å². The van der Waals surface area contributed by atoms with Crippen molar-refractivity contribution < 1.29 is 41.0 Å². The van der Waals surface area contributed by atoms with E-state index >= 15 is 0 Å². The number of pyridine rings is 1. The Morgan fingerprint density at radius 3 is 2.41 bits per heavy atom. The number of fused-ring (bicyclic) bond motifs is 1. The van der Waals surface area contributed by atoms with Crippen molar-refractivity contribution >= 4 is 23.3 Å². The van der Waals surface area contributed by atoms with Gasteiger partial charge in [-0.2, -0.15) is 27.1 Å². The third kappa shape index (κ3) is 6.34. The molecule has 0 unspecified atom stereocenters. The molecule has 1 aromatic carbocycles. The number of nitrogens with zero attached hydrogens (tertiary/aromatic N) is 5.